The van der Waals surface area contributed by atoms with Gasteiger partial charge in [-0.2, -0.15) is 0 Å². The van der Waals surface area contributed by atoms with Crippen LogP contribution in [0.2, 0.25) is 0 Å². The minimum absolute atomic E-state index is 0.0138. The van der Waals surface area contributed by atoms with Crippen molar-refractivity contribution in [2.75, 3.05) is 0 Å². The molecule has 0 fully saturated rings. The molecule has 0 bridgehead atoms. The molecule has 0 saturated carbocycles. The zero-order chi connectivity index (χ0) is 10.9. The summed E-state index contributed by atoms with van der Waals surface area (Å²) in [6.45, 7) is 10.2. The van der Waals surface area contributed by atoms with E-state index in [1.165, 1.54) is 0 Å². The van der Waals surface area contributed by atoms with Gasteiger partial charge in [-0.3, -0.25) is 4.79 Å². The van der Waals surface area contributed by atoms with Crippen LogP contribution < -0.4 is 0 Å². The third kappa shape index (κ3) is 1.94. The Bertz CT molecular complexity index is 310. The van der Waals surface area contributed by atoms with Crippen LogP contribution in [-0.2, 0) is 4.79 Å². The standard InChI is InChI=1S/C12H19NO/c1-6-10-8(2)7-12(4,5)9(3)11(14)13-10/h7,9H,6H2,1-5H3/t9-/m1/s1. The van der Waals surface area contributed by atoms with Crippen LogP contribution in [0.4, 0.5) is 0 Å². The van der Waals surface area contributed by atoms with E-state index in [2.05, 4.69) is 24.9 Å². The number of nitrogens with zero attached hydrogens (tertiary/aromatic N) is 1. The first-order valence-corrected chi connectivity index (χ1v) is 5.19. The van der Waals surface area contributed by atoms with Crippen molar-refractivity contribution in [1.29, 1.82) is 0 Å². The Labute approximate surface area is 86.1 Å². The van der Waals surface area contributed by atoms with Crippen molar-refractivity contribution >= 4 is 11.6 Å². The quantitative estimate of drug-likeness (QED) is 0.629. The highest BCUT2D eigenvalue weighted by atomic mass is 16.1. The summed E-state index contributed by atoms with van der Waals surface area (Å²) in [6.07, 6.45) is 3.00. The van der Waals surface area contributed by atoms with Crippen LogP contribution >= 0.6 is 0 Å². The van der Waals surface area contributed by atoms with Gasteiger partial charge in [0.05, 0.1) is 0 Å². The van der Waals surface area contributed by atoms with Crippen molar-refractivity contribution in [3.8, 4) is 0 Å². The van der Waals surface area contributed by atoms with Crippen molar-refractivity contribution in [1.82, 2.24) is 0 Å². The fraction of sp³-hybridized carbons (Fsp3) is 0.667. The van der Waals surface area contributed by atoms with Crippen molar-refractivity contribution in [3.05, 3.63) is 11.6 Å². The van der Waals surface area contributed by atoms with Crippen LogP contribution in [0.5, 0.6) is 0 Å². The zero-order valence-electron chi connectivity index (χ0n) is 9.72. The molecule has 2 heteroatoms. The van der Waals surface area contributed by atoms with Crippen molar-refractivity contribution in [2.45, 2.75) is 41.0 Å². The van der Waals surface area contributed by atoms with E-state index in [0.29, 0.717) is 0 Å². The number of aliphatic imine (C=N–C) groups is 1. The first-order chi connectivity index (χ1) is 6.38. The maximum Gasteiger partial charge on any atom is 0.249 e. The van der Waals surface area contributed by atoms with Gasteiger partial charge in [0.15, 0.2) is 0 Å². The molecule has 0 radical (unpaired) electrons. The minimum Gasteiger partial charge on any atom is -0.272 e. The largest absolute Gasteiger partial charge is 0.272 e. The molecule has 0 N–H and O–H groups in total. The van der Waals surface area contributed by atoms with Gasteiger partial charge in [0.1, 0.15) is 0 Å². The predicted octanol–water partition coefficient (Wildman–Crippen LogP) is 2.99. The van der Waals surface area contributed by atoms with E-state index < -0.39 is 0 Å². The second-order valence-corrected chi connectivity index (χ2v) is 4.62. The molecule has 1 heterocycles. The van der Waals surface area contributed by atoms with Gasteiger partial charge in [-0.15, -0.1) is 0 Å². The lowest BCUT2D eigenvalue weighted by atomic mass is 9.78. The van der Waals surface area contributed by atoms with E-state index in [-0.39, 0.29) is 17.2 Å². The molecule has 78 valence electrons. The van der Waals surface area contributed by atoms with E-state index in [0.717, 1.165) is 17.7 Å². The average molecular weight is 193 g/mol. The molecule has 0 spiro atoms. The molecule has 0 aromatic rings. The van der Waals surface area contributed by atoms with Crippen molar-refractivity contribution < 1.29 is 4.79 Å². The van der Waals surface area contributed by atoms with Gasteiger partial charge >= 0.3 is 0 Å². The van der Waals surface area contributed by atoms with E-state index in [1.54, 1.807) is 0 Å². The number of rotatable bonds is 1. The van der Waals surface area contributed by atoms with Crippen LogP contribution in [0.15, 0.2) is 16.6 Å². The van der Waals surface area contributed by atoms with E-state index in [4.69, 9.17) is 0 Å². The number of hydrogen-bond acceptors (Lipinski definition) is 1. The molecule has 14 heavy (non-hydrogen) atoms. The fourth-order valence-electron chi connectivity index (χ4n) is 1.76. The van der Waals surface area contributed by atoms with Gasteiger partial charge in [0.2, 0.25) is 5.91 Å². The fourth-order valence-corrected chi connectivity index (χ4v) is 1.76. The second kappa shape index (κ2) is 3.68. The summed E-state index contributed by atoms with van der Waals surface area (Å²) in [5.74, 6) is -0.0125. The summed E-state index contributed by atoms with van der Waals surface area (Å²) in [5, 5.41) is 0. The van der Waals surface area contributed by atoms with Gasteiger partial charge in [-0.05, 0) is 24.3 Å². The highest BCUT2D eigenvalue weighted by Gasteiger charge is 2.32. The Hall–Kier alpha value is -0.920. The maximum absolute atomic E-state index is 11.7. The van der Waals surface area contributed by atoms with Gasteiger partial charge in [-0.1, -0.05) is 33.8 Å². The maximum atomic E-state index is 11.7. The van der Waals surface area contributed by atoms with Crippen LogP contribution in [0, 0.1) is 11.3 Å². The first kappa shape index (κ1) is 11.2. The molecule has 1 amide bonds. The highest BCUT2D eigenvalue weighted by Crippen LogP contribution is 2.33. The van der Waals surface area contributed by atoms with Gasteiger partial charge in [-0.25, -0.2) is 4.99 Å². The number of allylic oxidation sites excluding steroid dienone is 2. The Morgan fingerprint density at radius 2 is 2.07 bits per heavy atom. The van der Waals surface area contributed by atoms with E-state index in [9.17, 15) is 4.79 Å². The predicted molar refractivity (Wildman–Crippen MR) is 59.4 cm³/mol. The van der Waals surface area contributed by atoms with Crippen molar-refractivity contribution in [3.63, 3.8) is 0 Å². The first-order valence-electron chi connectivity index (χ1n) is 5.19. The lowest BCUT2D eigenvalue weighted by Crippen LogP contribution is -2.24. The summed E-state index contributed by atoms with van der Waals surface area (Å²) < 4.78 is 0. The normalized spacial score (nSPS) is 26.6. The van der Waals surface area contributed by atoms with Gasteiger partial charge in [0, 0.05) is 11.6 Å². The number of carbonyl (C=O) groups excluding carboxylic acids is 1. The molecule has 0 aromatic heterocycles. The van der Waals surface area contributed by atoms with Gasteiger partial charge in [0.25, 0.3) is 0 Å². The van der Waals surface area contributed by atoms with Crippen LogP contribution in [0.3, 0.4) is 0 Å². The van der Waals surface area contributed by atoms with Crippen molar-refractivity contribution in [2.24, 2.45) is 16.3 Å². The van der Waals surface area contributed by atoms with Crippen LogP contribution in [-0.4, -0.2) is 11.6 Å². The number of hydrogen-bond donors (Lipinski definition) is 0. The minimum atomic E-state index is -0.0818. The Kier molecular flexibility index (Phi) is 2.93. The molecule has 1 atom stereocenters. The molecular formula is C12H19NO. The van der Waals surface area contributed by atoms with Crippen LogP contribution in [0.25, 0.3) is 0 Å². The van der Waals surface area contributed by atoms with Crippen LogP contribution in [0.1, 0.15) is 41.0 Å². The van der Waals surface area contributed by atoms with E-state index in [1.807, 2.05) is 20.8 Å². The molecule has 0 saturated heterocycles. The molecular weight excluding hydrogens is 174 g/mol. The summed E-state index contributed by atoms with van der Waals surface area (Å²) >= 11 is 0. The smallest absolute Gasteiger partial charge is 0.249 e. The number of carbonyl (C=O) groups is 1. The zero-order valence-corrected chi connectivity index (χ0v) is 9.72. The average Bonchev–Trinajstić information content (AvgIpc) is 2.16. The second-order valence-electron chi connectivity index (χ2n) is 4.62. The third-order valence-corrected chi connectivity index (χ3v) is 3.11. The summed E-state index contributed by atoms with van der Waals surface area (Å²) in [5.41, 5.74) is 2.00. The molecule has 0 aliphatic carbocycles. The number of amides is 1. The summed E-state index contributed by atoms with van der Waals surface area (Å²) in [4.78, 5) is 15.9. The molecule has 1 aliphatic heterocycles. The Morgan fingerprint density at radius 1 is 1.50 bits per heavy atom. The Morgan fingerprint density at radius 3 is 2.57 bits per heavy atom. The molecule has 0 aromatic carbocycles. The molecule has 2 nitrogen and oxygen atoms in total. The SMILES string of the molecule is CCC1=NC(=O)[C@@H](C)C(C)(C)C=C1C. The Balaban J connectivity index is 3.19. The highest BCUT2D eigenvalue weighted by molar-refractivity contribution is 6.07. The monoisotopic (exact) mass is 193 g/mol. The topological polar surface area (TPSA) is 29.4 Å². The lowest BCUT2D eigenvalue weighted by molar-refractivity contribution is -0.123. The molecule has 0 unspecified atom stereocenters. The summed E-state index contributed by atoms with van der Waals surface area (Å²) in [7, 11) is 0. The lowest BCUT2D eigenvalue weighted by Gasteiger charge is -2.24. The molecule has 1 rings (SSSR count). The summed E-state index contributed by atoms with van der Waals surface area (Å²) in [6, 6.07) is 0. The van der Waals surface area contributed by atoms with Gasteiger partial charge < -0.3 is 0 Å². The third-order valence-electron chi connectivity index (χ3n) is 3.11. The van der Waals surface area contributed by atoms with E-state index >= 15 is 0 Å². The molecule has 1 aliphatic rings.